The van der Waals surface area contributed by atoms with Gasteiger partial charge in [-0.25, -0.2) is 4.79 Å². The minimum absolute atomic E-state index is 0.128. The average molecular weight is 365 g/mol. The molecule has 0 aliphatic heterocycles. The first-order valence-electron chi connectivity index (χ1n) is 8.93. The van der Waals surface area contributed by atoms with Crippen molar-refractivity contribution in [3.63, 3.8) is 0 Å². The molecule has 0 bridgehead atoms. The van der Waals surface area contributed by atoms with E-state index in [1.165, 1.54) is 0 Å². The van der Waals surface area contributed by atoms with Crippen LogP contribution in [0.2, 0.25) is 0 Å². The Morgan fingerprint density at radius 3 is 2.52 bits per heavy atom. The van der Waals surface area contributed by atoms with Crippen molar-refractivity contribution in [3.8, 4) is 0 Å². The molecule has 0 saturated heterocycles. The van der Waals surface area contributed by atoms with Gasteiger partial charge in [0.25, 0.3) is 5.91 Å². The third-order valence-corrected chi connectivity index (χ3v) is 4.55. The second kappa shape index (κ2) is 7.66. The van der Waals surface area contributed by atoms with Gasteiger partial charge in [-0.3, -0.25) is 4.79 Å². The van der Waals surface area contributed by atoms with E-state index < -0.39 is 5.97 Å². The highest BCUT2D eigenvalue weighted by Gasteiger charge is 2.20. The van der Waals surface area contributed by atoms with Gasteiger partial charge in [0.2, 0.25) is 5.76 Å². The van der Waals surface area contributed by atoms with Gasteiger partial charge in [-0.2, -0.15) is 0 Å². The number of carbonyl (C=O) groups excluding carboxylic acids is 2. The molecule has 5 heteroatoms. The summed E-state index contributed by atoms with van der Waals surface area (Å²) in [6, 6.07) is 13.3. The molecule has 2 aromatic carbocycles. The number of nitrogens with one attached hydrogen (secondary N) is 1. The summed E-state index contributed by atoms with van der Waals surface area (Å²) in [6.07, 6.45) is 0. The lowest BCUT2D eigenvalue weighted by Gasteiger charge is -2.16. The quantitative estimate of drug-likeness (QED) is 0.648. The monoisotopic (exact) mass is 365 g/mol. The molecule has 0 aliphatic carbocycles. The van der Waals surface area contributed by atoms with Crippen LogP contribution in [0.5, 0.6) is 0 Å². The largest absolute Gasteiger partial charge is 0.450 e. The summed E-state index contributed by atoms with van der Waals surface area (Å²) in [7, 11) is 0. The van der Waals surface area contributed by atoms with Gasteiger partial charge < -0.3 is 14.5 Å². The van der Waals surface area contributed by atoms with E-state index in [1.807, 2.05) is 43.3 Å². The fourth-order valence-corrected chi connectivity index (χ4v) is 3.08. The standard InChI is InChI=1S/C22H23NO4/c1-13(2)16-10-7-8-14(3)20(16)23-19(24)12-26-22(25)21-15(4)17-9-5-6-11-18(17)27-21/h5-11,13H,12H2,1-4H3,(H,23,24). The molecule has 27 heavy (non-hydrogen) atoms. The van der Waals surface area contributed by atoms with Gasteiger partial charge in [0.1, 0.15) is 5.58 Å². The second-order valence-electron chi connectivity index (χ2n) is 6.87. The van der Waals surface area contributed by atoms with Crippen LogP contribution in [0, 0.1) is 13.8 Å². The van der Waals surface area contributed by atoms with Crippen molar-refractivity contribution < 1.29 is 18.7 Å². The molecule has 0 unspecified atom stereocenters. The maximum Gasteiger partial charge on any atom is 0.375 e. The Morgan fingerprint density at radius 2 is 1.81 bits per heavy atom. The zero-order valence-corrected chi connectivity index (χ0v) is 16.0. The summed E-state index contributed by atoms with van der Waals surface area (Å²) >= 11 is 0. The number of furan rings is 1. The highest BCUT2D eigenvalue weighted by molar-refractivity contribution is 5.98. The number of carbonyl (C=O) groups is 2. The number of amides is 1. The average Bonchev–Trinajstić information content (AvgIpc) is 2.98. The molecule has 5 nitrogen and oxygen atoms in total. The molecule has 140 valence electrons. The van der Waals surface area contributed by atoms with Crippen LogP contribution in [0.15, 0.2) is 46.9 Å². The first-order valence-corrected chi connectivity index (χ1v) is 8.93. The minimum atomic E-state index is -0.646. The SMILES string of the molecule is Cc1cccc(C(C)C)c1NC(=O)COC(=O)c1oc2ccccc2c1C. The summed E-state index contributed by atoms with van der Waals surface area (Å²) in [5.41, 5.74) is 4.11. The molecule has 0 spiro atoms. The number of para-hydroxylation sites is 2. The Labute approximate surface area is 158 Å². The molecule has 0 fully saturated rings. The third-order valence-electron chi connectivity index (χ3n) is 4.55. The van der Waals surface area contributed by atoms with Crippen LogP contribution in [0.1, 0.15) is 47.0 Å². The van der Waals surface area contributed by atoms with E-state index in [9.17, 15) is 9.59 Å². The fourth-order valence-electron chi connectivity index (χ4n) is 3.08. The normalized spacial score (nSPS) is 11.0. The Bertz CT molecular complexity index is 1000. The summed E-state index contributed by atoms with van der Waals surface area (Å²) in [5.74, 6) is -0.634. The lowest BCUT2D eigenvalue weighted by molar-refractivity contribution is -0.119. The zero-order valence-electron chi connectivity index (χ0n) is 16.0. The van der Waals surface area contributed by atoms with Crippen molar-refractivity contribution in [3.05, 3.63) is 64.9 Å². The molecule has 1 heterocycles. The van der Waals surface area contributed by atoms with Gasteiger partial charge in [0, 0.05) is 16.6 Å². The van der Waals surface area contributed by atoms with Gasteiger partial charge in [0.05, 0.1) is 0 Å². The van der Waals surface area contributed by atoms with Crippen molar-refractivity contribution in [1.29, 1.82) is 0 Å². The summed E-state index contributed by atoms with van der Waals surface area (Å²) in [6.45, 7) is 7.49. The molecule has 3 aromatic rings. The molecule has 1 amide bonds. The maximum atomic E-state index is 12.3. The predicted molar refractivity (Wildman–Crippen MR) is 105 cm³/mol. The van der Waals surface area contributed by atoms with E-state index in [-0.39, 0.29) is 24.2 Å². The van der Waals surface area contributed by atoms with Crippen LogP contribution in [-0.2, 0) is 9.53 Å². The van der Waals surface area contributed by atoms with E-state index in [0.717, 1.165) is 22.2 Å². The van der Waals surface area contributed by atoms with Gasteiger partial charge in [-0.1, -0.05) is 50.2 Å². The van der Waals surface area contributed by atoms with Gasteiger partial charge >= 0.3 is 5.97 Å². The molecular weight excluding hydrogens is 342 g/mol. The lowest BCUT2D eigenvalue weighted by atomic mass is 9.98. The van der Waals surface area contributed by atoms with Crippen molar-refractivity contribution in [1.82, 2.24) is 0 Å². The highest BCUT2D eigenvalue weighted by Crippen LogP contribution is 2.28. The number of ether oxygens (including phenoxy) is 1. The van der Waals surface area contributed by atoms with Crippen LogP contribution in [0.3, 0.4) is 0 Å². The number of rotatable bonds is 5. The van der Waals surface area contributed by atoms with E-state index in [2.05, 4.69) is 19.2 Å². The van der Waals surface area contributed by atoms with Crippen molar-refractivity contribution in [2.45, 2.75) is 33.6 Å². The first-order chi connectivity index (χ1) is 12.9. The topological polar surface area (TPSA) is 68.5 Å². The van der Waals surface area contributed by atoms with Crippen LogP contribution < -0.4 is 5.32 Å². The molecule has 1 N–H and O–H groups in total. The zero-order chi connectivity index (χ0) is 19.6. The number of anilines is 1. The smallest absolute Gasteiger partial charge is 0.375 e. The minimum Gasteiger partial charge on any atom is -0.450 e. The van der Waals surface area contributed by atoms with Gasteiger partial charge in [-0.15, -0.1) is 0 Å². The predicted octanol–water partition coefficient (Wildman–Crippen LogP) is 4.97. The number of benzene rings is 2. The van der Waals surface area contributed by atoms with Crippen LogP contribution >= 0.6 is 0 Å². The molecule has 0 aliphatic rings. The summed E-state index contributed by atoms with van der Waals surface area (Å²) in [5, 5.41) is 3.72. The van der Waals surface area contributed by atoms with E-state index in [0.29, 0.717) is 11.1 Å². The summed E-state index contributed by atoms with van der Waals surface area (Å²) in [4.78, 5) is 24.7. The number of hydrogen-bond acceptors (Lipinski definition) is 4. The first kappa shape index (κ1) is 18.7. The molecule has 3 rings (SSSR count). The van der Waals surface area contributed by atoms with Gasteiger partial charge in [0.15, 0.2) is 6.61 Å². The second-order valence-corrected chi connectivity index (χ2v) is 6.87. The fraction of sp³-hybridized carbons (Fsp3) is 0.273. The maximum absolute atomic E-state index is 12.3. The molecule has 0 atom stereocenters. The van der Waals surface area contributed by atoms with Crippen LogP contribution in [0.4, 0.5) is 5.69 Å². The van der Waals surface area contributed by atoms with E-state index in [1.54, 1.807) is 13.0 Å². The Hall–Kier alpha value is -3.08. The lowest BCUT2D eigenvalue weighted by Crippen LogP contribution is -2.22. The molecule has 0 radical (unpaired) electrons. The Kier molecular flexibility index (Phi) is 5.31. The number of hydrogen-bond donors (Lipinski definition) is 1. The van der Waals surface area contributed by atoms with E-state index in [4.69, 9.17) is 9.15 Å². The van der Waals surface area contributed by atoms with Crippen molar-refractivity contribution >= 4 is 28.5 Å². The number of aryl methyl sites for hydroxylation is 2. The summed E-state index contributed by atoms with van der Waals surface area (Å²) < 4.78 is 10.7. The molecule has 0 saturated carbocycles. The number of fused-ring (bicyclic) bond motifs is 1. The van der Waals surface area contributed by atoms with Gasteiger partial charge in [-0.05, 0) is 37.0 Å². The van der Waals surface area contributed by atoms with Crippen molar-refractivity contribution in [2.75, 3.05) is 11.9 Å². The van der Waals surface area contributed by atoms with E-state index >= 15 is 0 Å². The van der Waals surface area contributed by atoms with Crippen molar-refractivity contribution in [2.24, 2.45) is 0 Å². The Balaban J connectivity index is 1.69. The molecule has 1 aromatic heterocycles. The molecular formula is C22H23NO4. The third kappa shape index (κ3) is 3.87. The Morgan fingerprint density at radius 1 is 1.07 bits per heavy atom. The highest BCUT2D eigenvalue weighted by atomic mass is 16.5. The number of esters is 1. The van der Waals surface area contributed by atoms with Crippen LogP contribution in [-0.4, -0.2) is 18.5 Å². The van der Waals surface area contributed by atoms with Crippen LogP contribution in [0.25, 0.3) is 11.0 Å².